The number of aryl methyl sites for hydroxylation is 1. The van der Waals surface area contributed by atoms with Crippen molar-refractivity contribution < 1.29 is 9.90 Å². The van der Waals surface area contributed by atoms with Crippen LogP contribution in [0.1, 0.15) is 39.1 Å². The lowest BCUT2D eigenvalue weighted by atomic mass is 10.0. The Labute approximate surface area is 106 Å². The molecule has 1 rings (SSSR count). The van der Waals surface area contributed by atoms with Gasteiger partial charge in [0.05, 0.1) is 5.75 Å². The van der Waals surface area contributed by atoms with Gasteiger partial charge in [-0.1, -0.05) is 32.0 Å². The van der Waals surface area contributed by atoms with Gasteiger partial charge in [-0.3, -0.25) is 4.79 Å². The Morgan fingerprint density at radius 3 is 2.65 bits per heavy atom. The predicted molar refractivity (Wildman–Crippen MR) is 67.3 cm³/mol. The Bertz CT molecular complexity index is 392. The first kappa shape index (κ1) is 14.0. The van der Waals surface area contributed by atoms with Crippen LogP contribution < -0.4 is 0 Å². The molecule has 0 saturated carbocycles. The number of thioether (sulfide) groups is 1. The molecule has 0 aliphatic heterocycles. The van der Waals surface area contributed by atoms with Gasteiger partial charge >= 0.3 is 5.97 Å². The normalized spacial score (nSPS) is 14.6. The molecule has 1 N–H and O–H groups in total. The van der Waals surface area contributed by atoms with E-state index in [1.54, 1.807) is 0 Å². The lowest BCUT2D eigenvalue weighted by Crippen LogP contribution is -2.16. The van der Waals surface area contributed by atoms with Crippen molar-refractivity contribution in [2.75, 3.05) is 5.75 Å². The third kappa shape index (κ3) is 3.46. The van der Waals surface area contributed by atoms with Crippen molar-refractivity contribution in [1.29, 1.82) is 0 Å². The molecule has 0 aliphatic rings. The maximum Gasteiger partial charge on any atom is 0.313 e. The summed E-state index contributed by atoms with van der Waals surface area (Å²) in [5.74, 6) is 0.531. The summed E-state index contributed by atoms with van der Waals surface area (Å²) in [5.41, 5.74) is 0. The third-order valence-corrected chi connectivity index (χ3v) is 3.96. The van der Waals surface area contributed by atoms with Crippen molar-refractivity contribution >= 4 is 17.7 Å². The van der Waals surface area contributed by atoms with Crippen molar-refractivity contribution in [2.45, 2.75) is 45.3 Å². The molecule has 5 nitrogen and oxygen atoms in total. The van der Waals surface area contributed by atoms with Crippen LogP contribution in [-0.4, -0.2) is 31.6 Å². The van der Waals surface area contributed by atoms with Crippen molar-refractivity contribution in [3.63, 3.8) is 0 Å². The predicted octanol–water partition coefficient (Wildman–Crippen LogP) is 2.37. The molecule has 1 aromatic rings. The number of hydrogen-bond acceptors (Lipinski definition) is 4. The molecule has 1 aromatic heterocycles. The van der Waals surface area contributed by atoms with Gasteiger partial charge in [0.1, 0.15) is 5.82 Å². The van der Waals surface area contributed by atoms with E-state index < -0.39 is 5.97 Å². The van der Waals surface area contributed by atoms with Crippen LogP contribution in [0.3, 0.4) is 0 Å². The smallest absolute Gasteiger partial charge is 0.313 e. The van der Waals surface area contributed by atoms with Gasteiger partial charge in [0.15, 0.2) is 5.16 Å². The molecule has 6 heteroatoms. The minimum atomic E-state index is -0.835. The van der Waals surface area contributed by atoms with Crippen LogP contribution >= 0.6 is 11.8 Å². The number of hydrogen-bond donors (Lipinski definition) is 1. The quantitative estimate of drug-likeness (QED) is 0.792. The zero-order valence-electron chi connectivity index (χ0n) is 10.7. The average molecular weight is 257 g/mol. The molecule has 17 heavy (non-hydrogen) atoms. The van der Waals surface area contributed by atoms with E-state index in [1.165, 1.54) is 11.8 Å². The Morgan fingerprint density at radius 2 is 2.12 bits per heavy atom. The minimum Gasteiger partial charge on any atom is -0.481 e. The van der Waals surface area contributed by atoms with E-state index in [0.29, 0.717) is 11.1 Å². The maximum absolute atomic E-state index is 10.6. The first-order chi connectivity index (χ1) is 7.97. The molecule has 0 aliphatic carbocycles. The van der Waals surface area contributed by atoms with Crippen LogP contribution in [0.5, 0.6) is 0 Å². The van der Waals surface area contributed by atoms with Crippen molar-refractivity contribution in [3.8, 4) is 0 Å². The van der Waals surface area contributed by atoms with Crippen molar-refractivity contribution in [1.82, 2.24) is 14.8 Å². The van der Waals surface area contributed by atoms with Gasteiger partial charge in [0, 0.05) is 6.04 Å². The number of aromatic nitrogens is 3. The van der Waals surface area contributed by atoms with Crippen LogP contribution in [0.4, 0.5) is 0 Å². The molecule has 0 saturated heterocycles. The number of nitrogens with zero attached hydrogens (tertiary/aromatic N) is 3. The van der Waals surface area contributed by atoms with Crippen LogP contribution in [0.15, 0.2) is 5.16 Å². The highest BCUT2D eigenvalue weighted by Crippen LogP contribution is 2.27. The lowest BCUT2D eigenvalue weighted by molar-refractivity contribution is -0.133. The van der Waals surface area contributed by atoms with E-state index in [4.69, 9.17) is 5.11 Å². The second-order valence-electron chi connectivity index (χ2n) is 4.21. The van der Waals surface area contributed by atoms with Gasteiger partial charge in [0.2, 0.25) is 0 Å². The maximum atomic E-state index is 10.6. The topological polar surface area (TPSA) is 68.0 Å². The highest BCUT2D eigenvalue weighted by molar-refractivity contribution is 7.99. The minimum absolute atomic E-state index is 0.0192. The average Bonchev–Trinajstić information content (AvgIpc) is 2.65. The molecular weight excluding hydrogens is 238 g/mol. The van der Waals surface area contributed by atoms with Gasteiger partial charge in [-0.05, 0) is 19.8 Å². The van der Waals surface area contributed by atoms with Gasteiger partial charge < -0.3 is 9.67 Å². The zero-order valence-corrected chi connectivity index (χ0v) is 11.5. The number of carboxylic acids is 1. The molecule has 2 unspecified atom stereocenters. The second kappa shape index (κ2) is 6.05. The molecule has 0 bridgehead atoms. The summed E-state index contributed by atoms with van der Waals surface area (Å²) in [6.07, 6.45) is 1.07. The Kier molecular flexibility index (Phi) is 4.99. The zero-order chi connectivity index (χ0) is 13.0. The first-order valence-electron chi connectivity index (χ1n) is 5.73. The summed E-state index contributed by atoms with van der Waals surface area (Å²) in [6.45, 7) is 8.34. The van der Waals surface area contributed by atoms with Gasteiger partial charge in [0.25, 0.3) is 0 Å². The van der Waals surface area contributed by atoms with E-state index in [2.05, 4.69) is 31.0 Å². The monoisotopic (exact) mass is 257 g/mol. The summed E-state index contributed by atoms with van der Waals surface area (Å²) < 4.78 is 2.03. The highest BCUT2D eigenvalue weighted by atomic mass is 32.2. The van der Waals surface area contributed by atoms with Gasteiger partial charge in [-0.2, -0.15) is 0 Å². The summed E-state index contributed by atoms with van der Waals surface area (Å²) in [6, 6.07) is 0.284. The first-order valence-corrected chi connectivity index (χ1v) is 6.72. The fourth-order valence-corrected chi connectivity index (χ4v) is 2.43. The number of carboxylic acid groups (broad SMARTS) is 1. The molecule has 0 aromatic carbocycles. The fraction of sp³-hybridized carbons (Fsp3) is 0.727. The van der Waals surface area contributed by atoms with Crippen LogP contribution in [0.25, 0.3) is 0 Å². The van der Waals surface area contributed by atoms with Crippen LogP contribution in [0, 0.1) is 12.8 Å². The van der Waals surface area contributed by atoms with Gasteiger partial charge in [-0.25, -0.2) is 0 Å². The molecule has 0 fully saturated rings. The second-order valence-corrected chi connectivity index (χ2v) is 5.15. The lowest BCUT2D eigenvalue weighted by Gasteiger charge is -2.22. The van der Waals surface area contributed by atoms with E-state index in [9.17, 15) is 4.79 Å². The molecule has 2 atom stereocenters. The van der Waals surface area contributed by atoms with E-state index in [1.807, 2.05) is 11.5 Å². The van der Waals surface area contributed by atoms with Crippen molar-refractivity contribution in [3.05, 3.63) is 5.82 Å². The molecule has 96 valence electrons. The Balaban J connectivity index is 2.89. The largest absolute Gasteiger partial charge is 0.481 e. The van der Waals surface area contributed by atoms with Gasteiger partial charge in [-0.15, -0.1) is 10.2 Å². The SMILES string of the molecule is CCC(C)C(C)n1c(C)nnc1SCC(=O)O. The highest BCUT2D eigenvalue weighted by Gasteiger charge is 2.19. The Hall–Kier alpha value is -1.04. The van der Waals surface area contributed by atoms with Crippen LogP contribution in [-0.2, 0) is 4.79 Å². The molecule has 1 heterocycles. The Morgan fingerprint density at radius 1 is 1.47 bits per heavy atom. The summed E-state index contributed by atoms with van der Waals surface area (Å²) in [5, 5.41) is 17.5. The van der Waals surface area contributed by atoms with E-state index >= 15 is 0 Å². The number of aliphatic carboxylic acids is 1. The summed E-state index contributed by atoms with van der Waals surface area (Å²) >= 11 is 1.22. The number of carbonyl (C=O) groups is 1. The molecule has 0 spiro atoms. The summed E-state index contributed by atoms with van der Waals surface area (Å²) in [4.78, 5) is 10.6. The van der Waals surface area contributed by atoms with Crippen molar-refractivity contribution in [2.24, 2.45) is 5.92 Å². The van der Waals surface area contributed by atoms with E-state index in [-0.39, 0.29) is 11.8 Å². The molecule has 0 radical (unpaired) electrons. The van der Waals surface area contributed by atoms with E-state index in [0.717, 1.165) is 12.2 Å². The molecule has 0 amide bonds. The third-order valence-electron chi connectivity index (χ3n) is 3.03. The van der Waals surface area contributed by atoms with Crippen LogP contribution in [0.2, 0.25) is 0 Å². The number of rotatable bonds is 6. The summed E-state index contributed by atoms with van der Waals surface area (Å²) in [7, 11) is 0. The fourth-order valence-electron chi connectivity index (χ4n) is 1.64. The standard InChI is InChI=1S/C11H19N3O2S/c1-5-7(2)8(3)14-9(4)12-13-11(14)17-6-10(15)16/h7-8H,5-6H2,1-4H3,(H,15,16). The molecular formula is C11H19N3O2S.